The van der Waals surface area contributed by atoms with Crippen molar-refractivity contribution >= 4 is 11.3 Å². The molecule has 0 atom stereocenters. The van der Waals surface area contributed by atoms with Gasteiger partial charge in [0.25, 0.3) is 0 Å². The van der Waals surface area contributed by atoms with Gasteiger partial charge in [-0.05, 0) is 25.2 Å². The van der Waals surface area contributed by atoms with Crippen LogP contribution >= 0.6 is 11.3 Å². The quantitative estimate of drug-likeness (QED) is 0.872. The van der Waals surface area contributed by atoms with Crippen molar-refractivity contribution in [3.63, 3.8) is 0 Å². The molecular formula is C12H10F4N2S. The minimum atomic E-state index is -4.60. The lowest BCUT2D eigenvalue weighted by Crippen LogP contribution is -2.07. The van der Waals surface area contributed by atoms with Gasteiger partial charge in [-0.1, -0.05) is 0 Å². The zero-order chi connectivity index (χ0) is 14.0. The van der Waals surface area contributed by atoms with E-state index < -0.39 is 17.6 Å². The maximum absolute atomic E-state index is 13.0. The summed E-state index contributed by atoms with van der Waals surface area (Å²) in [5.74, 6) is -0.914. The molecule has 19 heavy (non-hydrogen) atoms. The van der Waals surface area contributed by atoms with Crippen molar-refractivity contribution in [2.24, 2.45) is 0 Å². The third kappa shape index (κ3) is 3.10. The largest absolute Gasteiger partial charge is 0.417 e. The van der Waals surface area contributed by atoms with E-state index in [1.54, 1.807) is 7.05 Å². The summed E-state index contributed by atoms with van der Waals surface area (Å²) in [4.78, 5) is 4.78. The van der Waals surface area contributed by atoms with E-state index in [2.05, 4.69) is 10.3 Å². The minimum absolute atomic E-state index is 0.0961. The Morgan fingerprint density at radius 1 is 1.32 bits per heavy atom. The summed E-state index contributed by atoms with van der Waals surface area (Å²) >= 11 is 1.15. The Labute approximate surface area is 111 Å². The number of alkyl halides is 3. The highest BCUT2D eigenvalue weighted by Gasteiger charge is 2.34. The van der Waals surface area contributed by atoms with E-state index in [-0.39, 0.29) is 10.6 Å². The van der Waals surface area contributed by atoms with Crippen LogP contribution in [0.3, 0.4) is 0 Å². The van der Waals surface area contributed by atoms with E-state index >= 15 is 0 Å². The summed E-state index contributed by atoms with van der Waals surface area (Å²) in [5, 5.41) is 3.12. The molecule has 0 saturated heterocycles. The molecule has 2 nitrogen and oxygen atoms in total. The van der Waals surface area contributed by atoms with Crippen molar-refractivity contribution in [2.75, 3.05) is 7.05 Å². The molecule has 0 aliphatic rings. The predicted molar refractivity (Wildman–Crippen MR) is 65.3 cm³/mol. The van der Waals surface area contributed by atoms with Crippen molar-refractivity contribution in [3.8, 4) is 10.6 Å². The van der Waals surface area contributed by atoms with Crippen molar-refractivity contribution in [1.29, 1.82) is 0 Å². The van der Waals surface area contributed by atoms with Gasteiger partial charge < -0.3 is 5.32 Å². The molecule has 1 heterocycles. The number of thiazole rings is 1. The van der Waals surface area contributed by atoms with Gasteiger partial charge >= 0.3 is 6.18 Å². The van der Waals surface area contributed by atoms with Crippen molar-refractivity contribution in [1.82, 2.24) is 10.3 Å². The zero-order valence-electron chi connectivity index (χ0n) is 9.88. The summed E-state index contributed by atoms with van der Waals surface area (Å²) < 4.78 is 51.6. The number of halogens is 4. The molecule has 0 spiro atoms. The Morgan fingerprint density at radius 2 is 2.05 bits per heavy atom. The fraction of sp³-hybridized carbons (Fsp3) is 0.250. The van der Waals surface area contributed by atoms with Crippen LogP contribution in [0.1, 0.15) is 10.4 Å². The van der Waals surface area contributed by atoms with Crippen LogP contribution in [-0.2, 0) is 12.7 Å². The highest BCUT2D eigenvalue weighted by molar-refractivity contribution is 7.15. The molecule has 102 valence electrons. The number of hydrogen-bond acceptors (Lipinski definition) is 3. The Bertz CT molecular complexity index is 577. The van der Waals surface area contributed by atoms with Gasteiger partial charge in [0.15, 0.2) is 0 Å². The van der Waals surface area contributed by atoms with Crippen LogP contribution in [0.4, 0.5) is 17.6 Å². The third-order valence-electron chi connectivity index (χ3n) is 2.42. The van der Waals surface area contributed by atoms with Gasteiger partial charge in [0.2, 0.25) is 0 Å². The van der Waals surface area contributed by atoms with Crippen LogP contribution in [0.15, 0.2) is 24.4 Å². The highest BCUT2D eigenvalue weighted by atomic mass is 32.1. The summed E-state index contributed by atoms with van der Waals surface area (Å²) in [6.45, 7) is 0.528. The molecule has 0 fully saturated rings. The Balaban J connectivity index is 2.48. The second-order valence-corrected chi connectivity index (χ2v) is 4.96. The molecule has 1 aromatic carbocycles. The number of aromatic nitrogens is 1. The van der Waals surface area contributed by atoms with Crippen LogP contribution in [0.2, 0.25) is 0 Å². The fourth-order valence-corrected chi connectivity index (χ4v) is 2.59. The first-order valence-corrected chi connectivity index (χ1v) is 6.20. The number of hydrogen-bond donors (Lipinski definition) is 1. The number of rotatable bonds is 3. The molecule has 0 bridgehead atoms. The van der Waals surface area contributed by atoms with Gasteiger partial charge in [-0.15, -0.1) is 11.3 Å². The van der Waals surface area contributed by atoms with Crippen molar-refractivity contribution in [2.45, 2.75) is 12.7 Å². The molecule has 0 saturated carbocycles. The SMILES string of the molecule is CNCc1cnc(-c2ccc(F)cc2C(F)(F)F)s1. The molecule has 0 aliphatic heterocycles. The van der Waals surface area contributed by atoms with E-state index in [1.165, 1.54) is 6.20 Å². The number of nitrogens with zero attached hydrogens (tertiary/aromatic N) is 1. The summed E-state index contributed by atoms with van der Waals surface area (Å²) in [5.41, 5.74) is -1.10. The van der Waals surface area contributed by atoms with Gasteiger partial charge in [-0.25, -0.2) is 9.37 Å². The second kappa shape index (κ2) is 5.26. The van der Waals surface area contributed by atoms with E-state index in [4.69, 9.17) is 0 Å². The van der Waals surface area contributed by atoms with Crippen molar-refractivity contribution < 1.29 is 17.6 Å². The smallest absolute Gasteiger partial charge is 0.315 e. The summed E-state index contributed by atoms with van der Waals surface area (Å²) in [7, 11) is 1.73. The van der Waals surface area contributed by atoms with Gasteiger partial charge in [-0.2, -0.15) is 13.2 Å². The fourth-order valence-electron chi connectivity index (χ4n) is 1.63. The molecule has 0 aliphatic carbocycles. The average molecular weight is 290 g/mol. The topological polar surface area (TPSA) is 24.9 Å². The third-order valence-corrected chi connectivity index (χ3v) is 3.45. The second-order valence-electron chi connectivity index (χ2n) is 3.85. The number of benzene rings is 1. The van der Waals surface area contributed by atoms with E-state index in [0.29, 0.717) is 12.6 Å². The van der Waals surface area contributed by atoms with Crippen LogP contribution < -0.4 is 5.32 Å². The molecular weight excluding hydrogens is 280 g/mol. The standard InChI is InChI=1S/C12H10F4N2S/c1-17-5-8-6-18-11(19-8)9-3-2-7(13)4-10(9)12(14,15)16/h2-4,6,17H,5H2,1H3. The predicted octanol–water partition coefficient (Wildman–Crippen LogP) is 3.69. The van der Waals surface area contributed by atoms with E-state index in [9.17, 15) is 17.6 Å². The minimum Gasteiger partial charge on any atom is -0.315 e. The molecule has 7 heteroatoms. The van der Waals surface area contributed by atoms with Crippen LogP contribution in [-0.4, -0.2) is 12.0 Å². The van der Waals surface area contributed by atoms with E-state index in [0.717, 1.165) is 28.3 Å². The monoisotopic (exact) mass is 290 g/mol. The lowest BCUT2D eigenvalue weighted by molar-refractivity contribution is -0.137. The first-order chi connectivity index (χ1) is 8.91. The summed E-state index contributed by atoms with van der Waals surface area (Å²) in [6, 6.07) is 2.61. The first-order valence-electron chi connectivity index (χ1n) is 5.38. The van der Waals surface area contributed by atoms with Gasteiger partial charge in [0.1, 0.15) is 10.8 Å². The number of nitrogens with one attached hydrogen (secondary N) is 1. The molecule has 0 unspecified atom stereocenters. The molecule has 2 rings (SSSR count). The summed E-state index contributed by atoms with van der Waals surface area (Å²) in [6.07, 6.45) is -3.09. The van der Waals surface area contributed by atoms with Gasteiger partial charge in [-0.3, -0.25) is 0 Å². The first kappa shape index (κ1) is 14.0. The Morgan fingerprint density at radius 3 is 2.68 bits per heavy atom. The van der Waals surface area contributed by atoms with Gasteiger partial charge in [0, 0.05) is 23.2 Å². The molecule has 1 N–H and O–H groups in total. The highest BCUT2D eigenvalue weighted by Crippen LogP contribution is 2.38. The van der Waals surface area contributed by atoms with Crippen LogP contribution in [0.5, 0.6) is 0 Å². The van der Waals surface area contributed by atoms with Crippen LogP contribution in [0.25, 0.3) is 10.6 Å². The lowest BCUT2D eigenvalue weighted by Gasteiger charge is -2.10. The molecule has 0 amide bonds. The van der Waals surface area contributed by atoms with Crippen LogP contribution in [0, 0.1) is 5.82 Å². The maximum atomic E-state index is 13.0. The molecule has 0 radical (unpaired) electrons. The molecule has 2 aromatic rings. The van der Waals surface area contributed by atoms with Crippen molar-refractivity contribution in [3.05, 3.63) is 40.7 Å². The average Bonchev–Trinajstić information content (AvgIpc) is 2.77. The Kier molecular flexibility index (Phi) is 3.86. The van der Waals surface area contributed by atoms with E-state index in [1.807, 2.05) is 0 Å². The molecule has 1 aromatic heterocycles. The Hall–Kier alpha value is -1.47. The zero-order valence-corrected chi connectivity index (χ0v) is 10.7. The normalized spacial score (nSPS) is 11.8. The van der Waals surface area contributed by atoms with Gasteiger partial charge in [0.05, 0.1) is 5.56 Å². The maximum Gasteiger partial charge on any atom is 0.417 e. The lowest BCUT2D eigenvalue weighted by atomic mass is 10.1.